The third-order valence-electron chi connectivity index (χ3n) is 2.76. The van der Waals surface area contributed by atoms with Crippen molar-refractivity contribution in [1.29, 1.82) is 0 Å². The van der Waals surface area contributed by atoms with E-state index >= 15 is 0 Å². The first kappa shape index (κ1) is 16.6. The van der Waals surface area contributed by atoms with E-state index in [9.17, 15) is 18.0 Å². The molecule has 3 nitrogen and oxygen atoms in total. The molecule has 1 amide bonds. The summed E-state index contributed by atoms with van der Waals surface area (Å²) in [6.07, 6.45) is -3.43. The standard InChI is InChI=1S/C14H9Cl2F3N2O/c15-10-2-1-3-11(16)12(10)13(22)21-7-9-6-8(4-5-20-9)14(17,18)19/h1-6H,7H2,(H,21,22). The number of nitrogens with zero attached hydrogens (tertiary/aromatic N) is 1. The number of carbonyl (C=O) groups is 1. The normalized spacial score (nSPS) is 11.3. The molecule has 8 heteroatoms. The zero-order valence-electron chi connectivity index (χ0n) is 10.9. The summed E-state index contributed by atoms with van der Waals surface area (Å²) in [4.78, 5) is 15.8. The molecular formula is C14H9Cl2F3N2O. The van der Waals surface area contributed by atoms with Crippen molar-refractivity contribution < 1.29 is 18.0 Å². The second-order valence-corrected chi connectivity index (χ2v) is 5.13. The van der Waals surface area contributed by atoms with Gasteiger partial charge in [0.15, 0.2) is 0 Å². The smallest absolute Gasteiger partial charge is 0.346 e. The number of halogens is 5. The third kappa shape index (κ3) is 3.90. The van der Waals surface area contributed by atoms with Crippen LogP contribution in [0.5, 0.6) is 0 Å². The molecule has 0 aliphatic heterocycles. The highest BCUT2D eigenvalue weighted by Crippen LogP contribution is 2.29. The Bertz CT molecular complexity index is 684. The van der Waals surface area contributed by atoms with Crippen LogP contribution < -0.4 is 5.32 Å². The van der Waals surface area contributed by atoms with Gasteiger partial charge in [0.2, 0.25) is 0 Å². The molecule has 1 heterocycles. The Labute approximate surface area is 134 Å². The number of alkyl halides is 3. The van der Waals surface area contributed by atoms with Gasteiger partial charge < -0.3 is 5.32 Å². The van der Waals surface area contributed by atoms with Gasteiger partial charge in [0.05, 0.1) is 33.4 Å². The van der Waals surface area contributed by atoms with Crippen LogP contribution in [0, 0.1) is 0 Å². The molecule has 0 aliphatic carbocycles. The number of carbonyl (C=O) groups excluding carboxylic acids is 1. The van der Waals surface area contributed by atoms with Crippen LogP contribution >= 0.6 is 23.2 Å². The van der Waals surface area contributed by atoms with Crippen LogP contribution in [-0.4, -0.2) is 10.9 Å². The van der Waals surface area contributed by atoms with E-state index in [0.717, 1.165) is 18.3 Å². The monoisotopic (exact) mass is 348 g/mol. The van der Waals surface area contributed by atoms with E-state index in [1.807, 2.05) is 0 Å². The topological polar surface area (TPSA) is 42.0 Å². The van der Waals surface area contributed by atoms with E-state index in [0.29, 0.717) is 0 Å². The molecule has 1 aromatic carbocycles. The molecule has 2 aromatic rings. The quantitative estimate of drug-likeness (QED) is 0.896. The molecule has 0 bridgehead atoms. The summed E-state index contributed by atoms with van der Waals surface area (Å²) in [7, 11) is 0. The summed E-state index contributed by atoms with van der Waals surface area (Å²) in [5.41, 5.74) is -0.688. The Kier molecular flexibility index (Phi) is 4.93. The number of hydrogen-bond donors (Lipinski definition) is 1. The molecule has 2 rings (SSSR count). The first-order valence-corrected chi connectivity index (χ1v) is 6.79. The fourth-order valence-corrected chi connectivity index (χ4v) is 2.29. The Morgan fingerprint density at radius 1 is 1.18 bits per heavy atom. The molecule has 0 unspecified atom stereocenters. The van der Waals surface area contributed by atoms with E-state index < -0.39 is 17.6 Å². The zero-order chi connectivity index (χ0) is 16.3. The van der Waals surface area contributed by atoms with Gasteiger partial charge in [-0.1, -0.05) is 29.3 Å². The Morgan fingerprint density at radius 3 is 2.41 bits per heavy atom. The van der Waals surface area contributed by atoms with Gasteiger partial charge in [-0.3, -0.25) is 9.78 Å². The molecule has 0 saturated carbocycles. The predicted octanol–water partition coefficient (Wildman–Crippen LogP) is 4.34. The maximum absolute atomic E-state index is 12.6. The number of amides is 1. The van der Waals surface area contributed by atoms with Gasteiger partial charge in [-0.05, 0) is 24.3 Å². The minimum absolute atomic E-state index is 0.0674. The van der Waals surface area contributed by atoms with Crippen LogP contribution in [0.2, 0.25) is 10.0 Å². The van der Waals surface area contributed by atoms with Crippen molar-refractivity contribution >= 4 is 29.1 Å². The van der Waals surface area contributed by atoms with Crippen LogP contribution in [0.25, 0.3) is 0 Å². The van der Waals surface area contributed by atoms with E-state index in [-0.39, 0.29) is 27.8 Å². The Hall–Kier alpha value is -1.79. The second-order valence-electron chi connectivity index (χ2n) is 4.31. The van der Waals surface area contributed by atoms with Crippen LogP contribution in [-0.2, 0) is 12.7 Å². The maximum Gasteiger partial charge on any atom is 0.416 e. The highest BCUT2D eigenvalue weighted by Gasteiger charge is 2.30. The number of rotatable bonds is 3. The van der Waals surface area contributed by atoms with E-state index in [2.05, 4.69) is 10.3 Å². The molecule has 116 valence electrons. The number of hydrogen-bond acceptors (Lipinski definition) is 2. The van der Waals surface area contributed by atoms with Gasteiger partial charge in [-0.15, -0.1) is 0 Å². The van der Waals surface area contributed by atoms with E-state index in [4.69, 9.17) is 23.2 Å². The summed E-state index contributed by atoms with van der Waals surface area (Å²) >= 11 is 11.8. The van der Waals surface area contributed by atoms with Crippen LogP contribution in [0.3, 0.4) is 0 Å². The maximum atomic E-state index is 12.6. The lowest BCUT2D eigenvalue weighted by Crippen LogP contribution is -2.24. The van der Waals surface area contributed by atoms with Crippen molar-refractivity contribution in [2.24, 2.45) is 0 Å². The summed E-state index contributed by atoms with van der Waals surface area (Å²) < 4.78 is 37.8. The van der Waals surface area contributed by atoms with Gasteiger partial charge in [-0.25, -0.2) is 0 Å². The molecule has 0 radical (unpaired) electrons. The summed E-state index contributed by atoms with van der Waals surface area (Å²) in [6.45, 7) is -0.176. The summed E-state index contributed by atoms with van der Waals surface area (Å²) in [5.74, 6) is -0.588. The number of benzene rings is 1. The lowest BCUT2D eigenvalue weighted by atomic mass is 10.2. The molecule has 0 spiro atoms. The molecule has 22 heavy (non-hydrogen) atoms. The average Bonchev–Trinajstić information content (AvgIpc) is 2.44. The molecule has 1 aromatic heterocycles. The van der Waals surface area contributed by atoms with Crippen molar-refractivity contribution in [2.75, 3.05) is 0 Å². The van der Waals surface area contributed by atoms with Crippen molar-refractivity contribution in [3.05, 3.63) is 63.4 Å². The highest BCUT2D eigenvalue weighted by molar-refractivity contribution is 6.39. The fourth-order valence-electron chi connectivity index (χ4n) is 1.73. The zero-order valence-corrected chi connectivity index (χ0v) is 12.4. The lowest BCUT2D eigenvalue weighted by molar-refractivity contribution is -0.137. The lowest BCUT2D eigenvalue weighted by Gasteiger charge is -2.10. The van der Waals surface area contributed by atoms with E-state index in [1.165, 1.54) is 12.1 Å². The van der Waals surface area contributed by atoms with Crippen molar-refractivity contribution in [3.63, 3.8) is 0 Å². The minimum atomic E-state index is -4.46. The first-order chi connectivity index (χ1) is 10.3. The fraction of sp³-hybridized carbons (Fsp3) is 0.143. The van der Waals surface area contributed by atoms with Crippen molar-refractivity contribution in [1.82, 2.24) is 10.3 Å². The molecule has 0 saturated heterocycles. The van der Waals surface area contributed by atoms with Crippen LogP contribution in [0.15, 0.2) is 36.5 Å². The van der Waals surface area contributed by atoms with Gasteiger partial charge in [0.25, 0.3) is 5.91 Å². The van der Waals surface area contributed by atoms with E-state index in [1.54, 1.807) is 6.07 Å². The SMILES string of the molecule is O=C(NCc1cc(C(F)(F)F)ccn1)c1c(Cl)cccc1Cl. The molecule has 0 fully saturated rings. The molecule has 0 aliphatic rings. The van der Waals surface area contributed by atoms with Gasteiger partial charge in [-0.2, -0.15) is 13.2 Å². The number of aromatic nitrogens is 1. The number of nitrogens with one attached hydrogen (secondary N) is 1. The largest absolute Gasteiger partial charge is 0.416 e. The van der Waals surface area contributed by atoms with Crippen molar-refractivity contribution in [3.8, 4) is 0 Å². The summed E-state index contributed by atoms with van der Waals surface area (Å²) in [6, 6.07) is 6.29. The summed E-state index contributed by atoms with van der Waals surface area (Å²) in [5, 5.41) is 2.75. The minimum Gasteiger partial charge on any atom is -0.346 e. The molecular weight excluding hydrogens is 340 g/mol. The van der Waals surface area contributed by atoms with Crippen LogP contribution in [0.1, 0.15) is 21.6 Å². The van der Waals surface area contributed by atoms with Gasteiger partial charge >= 0.3 is 6.18 Å². The van der Waals surface area contributed by atoms with Crippen LogP contribution in [0.4, 0.5) is 13.2 Å². The molecule has 0 atom stereocenters. The predicted molar refractivity (Wildman–Crippen MR) is 76.9 cm³/mol. The third-order valence-corrected chi connectivity index (χ3v) is 3.39. The molecule has 1 N–H and O–H groups in total. The highest BCUT2D eigenvalue weighted by atomic mass is 35.5. The number of pyridine rings is 1. The Morgan fingerprint density at radius 2 is 1.82 bits per heavy atom. The van der Waals surface area contributed by atoms with Gasteiger partial charge in [0, 0.05) is 6.20 Å². The second kappa shape index (κ2) is 6.54. The van der Waals surface area contributed by atoms with Crippen molar-refractivity contribution in [2.45, 2.75) is 12.7 Å². The average molecular weight is 349 g/mol. The Balaban J connectivity index is 2.12. The van der Waals surface area contributed by atoms with Gasteiger partial charge in [0.1, 0.15) is 0 Å². The first-order valence-electron chi connectivity index (χ1n) is 6.03.